The minimum atomic E-state index is -1.42. The quantitative estimate of drug-likeness (QED) is 0.506. The van der Waals surface area contributed by atoms with Crippen LogP contribution in [0.2, 0.25) is 0 Å². The summed E-state index contributed by atoms with van der Waals surface area (Å²) < 4.78 is 4.81. The van der Waals surface area contributed by atoms with Crippen molar-refractivity contribution in [3.63, 3.8) is 0 Å². The molecule has 3 N–H and O–H groups in total. The Bertz CT molecular complexity index is 152. The Morgan fingerprint density at radius 2 is 1.75 bits per heavy atom. The Balaban J connectivity index is 2.63. The van der Waals surface area contributed by atoms with Gasteiger partial charge in [-0.05, 0) is 0 Å². The molecule has 1 rings (SSSR count). The predicted molar refractivity (Wildman–Crippen MR) is 43.3 cm³/mol. The number of alkyl halides is 2. The molecule has 0 aromatic rings. The molecule has 0 radical (unpaired) electrons. The number of rotatable bonds is 1. The molecule has 0 amide bonds. The second kappa shape index (κ2) is 4.09. The van der Waals surface area contributed by atoms with Gasteiger partial charge in [0.1, 0.15) is 12.2 Å². The monoisotopic (exact) mass is 216 g/mol. The fourth-order valence-corrected chi connectivity index (χ4v) is 1.69. The lowest BCUT2D eigenvalue weighted by molar-refractivity contribution is -0.239. The Labute approximate surface area is 79.7 Å². The molecule has 0 aromatic carbocycles. The van der Waals surface area contributed by atoms with Crippen LogP contribution in [0, 0.1) is 0 Å². The molecule has 0 aliphatic carbocycles. The topological polar surface area (TPSA) is 69.9 Å². The van der Waals surface area contributed by atoms with Gasteiger partial charge in [-0.15, -0.1) is 23.2 Å². The standard InChI is InChI=1S/C6H10Cl2O4/c7-1-2-3(8)4(9)5(10)6(11)12-2/h2-6,9-11H,1H2/t2?,3-,4-,5?,6-/m0/s1. The van der Waals surface area contributed by atoms with E-state index in [0.29, 0.717) is 0 Å². The van der Waals surface area contributed by atoms with Gasteiger partial charge in [-0.25, -0.2) is 0 Å². The molecule has 1 fully saturated rings. The van der Waals surface area contributed by atoms with Crippen LogP contribution in [0.1, 0.15) is 0 Å². The van der Waals surface area contributed by atoms with Crippen LogP contribution in [0.25, 0.3) is 0 Å². The van der Waals surface area contributed by atoms with E-state index in [1.807, 2.05) is 0 Å². The number of aliphatic hydroxyl groups is 3. The lowest BCUT2D eigenvalue weighted by Crippen LogP contribution is -2.55. The Kier molecular flexibility index (Phi) is 3.58. The number of halogens is 2. The molecule has 12 heavy (non-hydrogen) atoms. The largest absolute Gasteiger partial charge is 0.389 e. The van der Waals surface area contributed by atoms with Gasteiger partial charge in [0.2, 0.25) is 0 Å². The highest BCUT2D eigenvalue weighted by molar-refractivity contribution is 6.23. The second-order valence-corrected chi connectivity index (χ2v) is 3.46. The molecule has 4 nitrogen and oxygen atoms in total. The molecule has 6 heteroatoms. The summed E-state index contributed by atoms with van der Waals surface area (Å²) >= 11 is 11.1. The van der Waals surface area contributed by atoms with Gasteiger partial charge < -0.3 is 20.1 Å². The van der Waals surface area contributed by atoms with Crippen LogP contribution in [0.5, 0.6) is 0 Å². The van der Waals surface area contributed by atoms with Gasteiger partial charge in [-0.3, -0.25) is 0 Å². The molecule has 0 aromatic heterocycles. The minimum Gasteiger partial charge on any atom is -0.389 e. The van der Waals surface area contributed by atoms with E-state index >= 15 is 0 Å². The normalized spacial score (nSPS) is 49.2. The third kappa shape index (κ3) is 1.84. The van der Waals surface area contributed by atoms with Crippen molar-refractivity contribution < 1.29 is 20.1 Å². The van der Waals surface area contributed by atoms with Gasteiger partial charge >= 0.3 is 0 Å². The average Bonchev–Trinajstić information content (AvgIpc) is 2.08. The maximum Gasteiger partial charge on any atom is 0.183 e. The van der Waals surface area contributed by atoms with Crippen molar-refractivity contribution in [2.24, 2.45) is 0 Å². The number of aliphatic hydroxyl groups excluding tert-OH is 3. The number of ether oxygens (including phenoxy) is 1. The lowest BCUT2D eigenvalue weighted by Gasteiger charge is -2.37. The Morgan fingerprint density at radius 1 is 1.17 bits per heavy atom. The van der Waals surface area contributed by atoms with E-state index in [2.05, 4.69) is 0 Å². The summed E-state index contributed by atoms with van der Waals surface area (Å²) in [7, 11) is 0. The van der Waals surface area contributed by atoms with Crippen LogP contribution in [-0.2, 0) is 4.74 Å². The third-order valence-corrected chi connectivity index (χ3v) is 2.63. The zero-order valence-electron chi connectivity index (χ0n) is 6.10. The van der Waals surface area contributed by atoms with Gasteiger partial charge in [0, 0.05) is 0 Å². The average molecular weight is 217 g/mol. The molecule has 1 aliphatic rings. The first kappa shape index (κ1) is 10.5. The fourth-order valence-electron chi connectivity index (χ4n) is 1.03. The molecular weight excluding hydrogens is 207 g/mol. The van der Waals surface area contributed by atoms with Crippen molar-refractivity contribution in [2.45, 2.75) is 30.0 Å². The van der Waals surface area contributed by atoms with Crippen LogP contribution in [0.4, 0.5) is 0 Å². The number of hydrogen-bond donors (Lipinski definition) is 3. The first-order chi connectivity index (χ1) is 5.57. The Hall–Kier alpha value is 0.420. The molecule has 72 valence electrons. The van der Waals surface area contributed by atoms with E-state index in [4.69, 9.17) is 38.2 Å². The van der Waals surface area contributed by atoms with Gasteiger partial charge in [0.15, 0.2) is 6.29 Å². The fraction of sp³-hybridized carbons (Fsp3) is 1.00. The summed E-state index contributed by atoms with van der Waals surface area (Å²) in [5.74, 6) is 0.0645. The van der Waals surface area contributed by atoms with Crippen molar-refractivity contribution in [1.29, 1.82) is 0 Å². The first-order valence-corrected chi connectivity index (χ1v) is 4.44. The SMILES string of the molecule is OC1[C@@H](O)[C@@H](Cl)C(CCl)O[C@@H]1O. The van der Waals surface area contributed by atoms with Crippen molar-refractivity contribution in [2.75, 3.05) is 5.88 Å². The van der Waals surface area contributed by atoms with Crippen LogP contribution in [0.3, 0.4) is 0 Å². The van der Waals surface area contributed by atoms with E-state index in [1.54, 1.807) is 0 Å². The van der Waals surface area contributed by atoms with Crippen molar-refractivity contribution in [3.05, 3.63) is 0 Å². The van der Waals surface area contributed by atoms with Gasteiger partial charge in [0.25, 0.3) is 0 Å². The summed E-state index contributed by atoms with van der Waals surface area (Å²) in [5, 5.41) is 26.5. The Morgan fingerprint density at radius 3 is 2.25 bits per heavy atom. The molecule has 2 unspecified atom stereocenters. The van der Waals surface area contributed by atoms with Gasteiger partial charge in [-0.1, -0.05) is 0 Å². The van der Waals surface area contributed by atoms with Crippen LogP contribution >= 0.6 is 23.2 Å². The van der Waals surface area contributed by atoms with Crippen LogP contribution < -0.4 is 0 Å². The highest BCUT2D eigenvalue weighted by Crippen LogP contribution is 2.24. The van der Waals surface area contributed by atoms with Gasteiger partial charge in [0.05, 0.1) is 17.4 Å². The van der Waals surface area contributed by atoms with E-state index in [1.165, 1.54) is 0 Å². The number of hydrogen-bond acceptors (Lipinski definition) is 4. The zero-order valence-corrected chi connectivity index (χ0v) is 7.61. The van der Waals surface area contributed by atoms with E-state index in [0.717, 1.165) is 0 Å². The lowest BCUT2D eigenvalue weighted by atomic mass is 10.0. The highest BCUT2D eigenvalue weighted by atomic mass is 35.5. The highest BCUT2D eigenvalue weighted by Gasteiger charge is 2.42. The summed E-state index contributed by atoms with van der Waals surface area (Å²) in [6, 6.07) is 0. The van der Waals surface area contributed by atoms with E-state index in [9.17, 15) is 5.11 Å². The minimum absolute atomic E-state index is 0.0645. The maximum atomic E-state index is 9.24. The van der Waals surface area contributed by atoms with Crippen molar-refractivity contribution in [3.8, 4) is 0 Å². The molecule has 1 saturated heterocycles. The third-order valence-electron chi connectivity index (χ3n) is 1.79. The van der Waals surface area contributed by atoms with Crippen LogP contribution in [0.15, 0.2) is 0 Å². The van der Waals surface area contributed by atoms with E-state index < -0.39 is 30.0 Å². The van der Waals surface area contributed by atoms with E-state index in [-0.39, 0.29) is 5.88 Å². The summed E-state index contributed by atoms with van der Waals surface area (Å²) in [6.45, 7) is 0. The first-order valence-electron chi connectivity index (χ1n) is 3.47. The summed E-state index contributed by atoms with van der Waals surface area (Å²) in [5.41, 5.74) is 0. The maximum absolute atomic E-state index is 9.24. The molecule has 1 heterocycles. The second-order valence-electron chi connectivity index (χ2n) is 2.65. The zero-order chi connectivity index (χ0) is 9.30. The van der Waals surface area contributed by atoms with Gasteiger partial charge in [-0.2, -0.15) is 0 Å². The molecule has 0 bridgehead atoms. The van der Waals surface area contributed by atoms with Crippen LogP contribution in [-0.4, -0.2) is 51.2 Å². The smallest absolute Gasteiger partial charge is 0.183 e. The summed E-state index contributed by atoms with van der Waals surface area (Å²) in [4.78, 5) is 0. The molecule has 5 atom stereocenters. The predicted octanol–water partition coefficient (Wildman–Crippen LogP) is -0.728. The molecule has 1 aliphatic heterocycles. The molecule has 0 saturated carbocycles. The summed E-state index contributed by atoms with van der Waals surface area (Å²) in [6.07, 6.45) is -4.63. The van der Waals surface area contributed by atoms with Crippen molar-refractivity contribution >= 4 is 23.2 Å². The molecule has 0 spiro atoms. The molecular formula is C6H10Cl2O4. The van der Waals surface area contributed by atoms with Crippen molar-refractivity contribution in [1.82, 2.24) is 0 Å².